The number of aromatic amines is 1. The van der Waals surface area contributed by atoms with Gasteiger partial charge in [-0.05, 0) is 38.5 Å². The Labute approximate surface area is 189 Å². The normalized spacial score (nSPS) is 17.2. The molecule has 10 heteroatoms. The van der Waals surface area contributed by atoms with Gasteiger partial charge in [0.1, 0.15) is 12.2 Å². The molecule has 0 aromatic carbocycles. The number of amides is 1. The van der Waals surface area contributed by atoms with E-state index in [-0.39, 0.29) is 18.1 Å². The van der Waals surface area contributed by atoms with Crippen LogP contribution in [-0.2, 0) is 4.74 Å². The lowest BCUT2D eigenvalue weighted by Gasteiger charge is -2.21. The van der Waals surface area contributed by atoms with E-state index >= 15 is 0 Å². The van der Waals surface area contributed by atoms with Crippen LogP contribution < -0.4 is 10.2 Å². The number of anilines is 1. The van der Waals surface area contributed by atoms with Gasteiger partial charge < -0.3 is 15.0 Å². The average Bonchev–Trinajstić information content (AvgIpc) is 3.59. The van der Waals surface area contributed by atoms with Crippen LogP contribution in [0.5, 0.6) is 0 Å². The van der Waals surface area contributed by atoms with Crippen molar-refractivity contribution in [2.24, 2.45) is 0 Å². The summed E-state index contributed by atoms with van der Waals surface area (Å²) in [5.41, 5.74) is 3.30. The standard InChI is InChI=1S/C22H25N7O2S/c1-13-4-5-19(32-13)18-9-23-21-17(28-7-6-16(11-28)31-3)8-15(10-29(18)21)22(30)26-14(2)20-24-12-25-27-20/h4-5,8-10,12,14,16H,6-7,11H2,1-3H3,(H,26,30)(H,24,25,27)/t14-,16?/m0/s1. The van der Waals surface area contributed by atoms with Gasteiger partial charge in [-0.15, -0.1) is 11.3 Å². The highest BCUT2D eigenvalue weighted by Gasteiger charge is 2.26. The maximum atomic E-state index is 13.2. The number of rotatable bonds is 6. The highest BCUT2D eigenvalue weighted by molar-refractivity contribution is 7.15. The van der Waals surface area contributed by atoms with E-state index in [2.05, 4.69) is 44.5 Å². The molecule has 5 heterocycles. The number of hydrogen-bond donors (Lipinski definition) is 2. The first-order valence-electron chi connectivity index (χ1n) is 10.5. The Hall–Kier alpha value is -3.24. The number of pyridine rings is 1. The number of aryl methyl sites for hydroxylation is 1. The molecule has 5 rings (SSSR count). The molecular weight excluding hydrogens is 426 g/mol. The second kappa shape index (κ2) is 8.36. The summed E-state index contributed by atoms with van der Waals surface area (Å²) in [6, 6.07) is 5.82. The SMILES string of the molecule is COC1CCN(c2cc(C(=O)N[C@@H](C)c3ncn[nH]3)cn3c(-c4ccc(C)s4)cnc23)C1. The van der Waals surface area contributed by atoms with Crippen LogP contribution in [0.25, 0.3) is 16.2 Å². The molecule has 0 saturated carbocycles. The van der Waals surface area contributed by atoms with E-state index in [4.69, 9.17) is 9.72 Å². The van der Waals surface area contributed by atoms with Gasteiger partial charge in [0, 0.05) is 31.3 Å². The first-order chi connectivity index (χ1) is 15.5. The zero-order valence-electron chi connectivity index (χ0n) is 18.2. The zero-order valence-corrected chi connectivity index (χ0v) is 19.0. The fraction of sp³-hybridized carbons (Fsp3) is 0.364. The quantitative estimate of drug-likeness (QED) is 0.467. The lowest BCUT2D eigenvalue weighted by atomic mass is 10.2. The second-order valence-electron chi connectivity index (χ2n) is 8.02. The lowest BCUT2D eigenvalue weighted by Crippen LogP contribution is -2.28. The van der Waals surface area contributed by atoms with Gasteiger partial charge in [0.15, 0.2) is 5.65 Å². The minimum atomic E-state index is -0.295. The van der Waals surface area contributed by atoms with Crippen LogP contribution in [0.1, 0.15) is 40.4 Å². The van der Waals surface area contributed by atoms with Gasteiger partial charge >= 0.3 is 0 Å². The van der Waals surface area contributed by atoms with Crippen LogP contribution in [0, 0.1) is 6.92 Å². The number of H-pyrrole nitrogens is 1. The van der Waals surface area contributed by atoms with E-state index in [9.17, 15) is 4.79 Å². The third-order valence-electron chi connectivity index (χ3n) is 5.85. The van der Waals surface area contributed by atoms with Crippen LogP contribution in [0.15, 0.2) is 36.9 Å². The number of hydrogen-bond acceptors (Lipinski definition) is 7. The van der Waals surface area contributed by atoms with Crippen LogP contribution in [0.2, 0.25) is 0 Å². The van der Waals surface area contributed by atoms with E-state index in [1.165, 1.54) is 11.2 Å². The Balaban J connectivity index is 1.57. The molecule has 32 heavy (non-hydrogen) atoms. The predicted molar refractivity (Wildman–Crippen MR) is 123 cm³/mol. The van der Waals surface area contributed by atoms with E-state index in [1.807, 2.05) is 29.8 Å². The van der Waals surface area contributed by atoms with Crippen molar-refractivity contribution in [3.8, 4) is 10.6 Å². The molecule has 0 spiro atoms. The molecule has 2 atom stereocenters. The first kappa shape index (κ1) is 20.7. The molecule has 1 amide bonds. The van der Waals surface area contributed by atoms with Crippen molar-refractivity contribution in [3.05, 3.63) is 53.2 Å². The van der Waals surface area contributed by atoms with Crippen LogP contribution in [-0.4, -0.2) is 56.8 Å². The number of carbonyl (C=O) groups is 1. The number of imidazole rings is 1. The monoisotopic (exact) mass is 451 g/mol. The minimum absolute atomic E-state index is 0.174. The number of nitrogens with one attached hydrogen (secondary N) is 2. The minimum Gasteiger partial charge on any atom is -0.380 e. The summed E-state index contributed by atoms with van der Waals surface area (Å²) in [7, 11) is 1.74. The molecule has 1 saturated heterocycles. The third-order valence-corrected chi connectivity index (χ3v) is 6.87. The van der Waals surface area contributed by atoms with Gasteiger partial charge in [0.25, 0.3) is 5.91 Å². The van der Waals surface area contributed by atoms with Crippen molar-refractivity contribution in [1.29, 1.82) is 0 Å². The van der Waals surface area contributed by atoms with Crippen molar-refractivity contribution < 1.29 is 9.53 Å². The molecule has 2 N–H and O–H groups in total. The summed E-state index contributed by atoms with van der Waals surface area (Å²) < 4.78 is 7.58. The van der Waals surface area contributed by atoms with Crippen LogP contribution in [0.4, 0.5) is 5.69 Å². The summed E-state index contributed by atoms with van der Waals surface area (Å²) >= 11 is 1.71. The van der Waals surface area contributed by atoms with Gasteiger partial charge in [0.05, 0.1) is 40.2 Å². The molecule has 0 aliphatic carbocycles. The highest BCUT2D eigenvalue weighted by Crippen LogP contribution is 2.33. The number of fused-ring (bicyclic) bond motifs is 1. The van der Waals surface area contributed by atoms with Gasteiger partial charge in [-0.3, -0.25) is 14.3 Å². The fourth-order valence-electron chi connectivity index (χ4n) is 4.09. The Kier molecular flexibility index (Phi) is 5.40. The summed E-state index contributed by atoms with van der Waals surface area (Å²) in [6.07, 6.45) is 6.30. The van der Waals surface area contributed by atoms with E-state index in [1.54, 1.807) is 18.4 Å². The molecule has 166 valence electrons. The largest absolute Gasteiger partial charge is 0.380 e. The van der Waals surface area contributed by atoms with Gasteiger partial charge in [-0.2, -0.15) is 5.10 Å². The zero-order chi connectivity index (χ0) is 22.2. The van der Waals surface area contributed by atoms with Crippen molar-refractivity contribution in [3.63, 3.8) is 0 Å². The molecule has 0 bridgehead atoms. The first-order valence-corrected chi connectivity index (χ1v) is 11.4. The molecule has 0 radical (unpaired) electrons. The topological polar surface area (TPSA) is 100 Å². The second-order valence-corrected chi connectivity index (χ2v) is 9.31. The van der Waals surface area contributed by atoms with E-state index in [0.29, 0.717) is 11.4 Å². The van der Waals surface area contributed by atoms with Crippen molar-refractivity contribution in [2.45, 2.75) is 32.4 Å². The molecule has 1 unspecified atom stereocenters. The Bertz CT molecular complexity index is 1250. The number of thiophene rings is 1. The molecular formula is C22H25N7O2S. The van der Waals surface area contributed by atoms with Crippen LogP contribution >= 0.6 is 11.3 Å². The summed E-state index contributed by atoms with van der Waals surface area (Å²) in [6.45, 7) is 5.58. The lowest BCUT2D eigenvalue weighted by molar-refractivity contribution is 0.0938. The maximum Gasteiger partial charge on any atom is 0.253 e. The molecule has 1 aliphatic rings. The fourth-order valence-corrected chi connectivity index (χ4v) is 4.97. The van der Waals surface area contributed by atoms with E-state index < -0.39 is 0 Å². The predicted octanol–water partition coefficient (Wildman–Crippen LogP) is 3.21. The Morgan fingerprint density at radius 2 is 2.25 bits per heavy atom. The van der Waals surface area contributed by atoms with Crippen molar-refractivity contribution >= 4 is 28.6 Å². The van der Waals surface area contributed by atoms with Crippen molar-refractivity contribution in [2.75, 3.05) is 25.1 Å². The Morgan fingerprint density at radius 1 is 1.38 bits per heavy atom. The maximum absolute atomic E-state index is 13.2. The smallest absolute Gasteiger partial charge is 0.253 e. The Morgan fingerprint density at radius 3 is 2.94 bits per heavy atom. The summed E-state index contributed by atoms with van der Waals surface area (Å²) in [5.74, 6) is 0.432. The molecule has 4 aromatic rings. The summed E-state index contributed by atoms with van der Waals surface area (Å²) in [5, 5.41) is 9.69. The number of carbonyl (C=O) groups excluding carboxylic acids is 1. The van der Waals surface area contributed by atoms with Gasteiger partial charge in [0.2, 0.25) is 0 Å². The number of ether oxygens (including phenoxy) is 1. The highest BCUT2D eigenvalue weighted by atomic mass is 32.1. The van der Waals surface area contributed by atoms with E-state index in [0.717, 1.165) is 41.4 Å². The number of methoxy groups -OCH3 is 1. The number of nitrogens with zero attached hydrogens (tertiary/aromatic N) is 5. The van der Waals surface area contributed by atoms with Gasteiger partial charge in [-0.25, -0.2) is 9.97 Å². The third kappa shape index (κ3) is 3.76. The van der Waals surface area contributed by atoms with Crippen molar-refractivity contribution in [1.82, 2.24) is 29.9 Å². The molecule has 1 aliphatic heterocycles. The molecule has 1 fully saturated rings. The average molecular weight is 452 g/mol. The molecule has 9 nitrogen and oxygen atoms in total. The summed E-state index contributed by atoms with van der Waals surface area (Å²) in [4.78, 5) is 26.7. The molecule has 4 aromatic heterocycles. The number of aromatic nitrogens is 5. The van der Waals surface area contributed by atoms with Crippen LogP contribution in [0.3, 0.4) is 0 Å². The van der Waals surface area contributed by atoms with Gasteiger partial charge in [-0.1, -0.05) is 0 Å².